The fourth-order valence-electron chi connectivity index (χ4n) is 1.16. The van der Waals surface area contributed by atoms with Crippen LogP contribution < -0.4 is 5.32 Å². The lowest BCUT2D eigenvalue weighted by Crippen LogP contribution is -2.12. The van der Waals surface area contributed by atoms with Gasteiger partial charge >= 0.3 is 0 Å². The molecule has 0 radical (unpaired) electrons. The first-order valence-electron chi connectivity index (χ1n) is 5.00. The fourth-order valence-corrected chi connectivity index (χ4v) is 1.64. The fraction of sp³-hybridized carbons (Fsp3) is 0.455. The van der Waals surface area contributed by atoms with Crippen LogP contribution in [-0.2, 0) is 9.47 Å². The standard InChI is InChI=1S/C11H15BrFNO2/c1-15-7-8-16-6-5-14-11-9(12)3-2-4-10(11)13/h2-4,14H,5-8H2,1H3. The minimum absolute atomic E-state index is 0.272. The van der Waals surface area contributed by atoms with Crippen molar-refractivity contribution in [1.29, 1.82) is 0 Å². The molecule has 1 aromatic carbocycles. The van der Waals surface area contributed by atoms with Crippen LogP contribution >= 0.6 is 15.9 Å². The van der Waals surface area contributed by atoms with Gasteiger partial charge in [-0.3, -0.25) is 0 Å². The van der Waals surface area contributed by atoms with Gasteiger partial charge in [0.1, 0.15) is 5.82 Å². The average Bonchev–Trinajstić information content (AvgIpc) is 2.26. The zero-order valence-corrected chi connectivity index (χ0v) is 10.7. The molecule has 1 rings (SSSR count). The van der Waals surface area contributed by atoms with E-state index in [1.54, 1.807) is 19.2 Å². The number of para-hydroxylation sites is 1. The van der Waals surface area contributed by atoms with Crippen LogP contribution in [0.2, 0.25) is 0 Å². The van der Waals surface area contributed by atoms with Crippen molar-refractivity contribution in [3.05, 3.63) is 28.5 Å². The molecule has 0 amide bonds. The Morgan fingerprint density at radius 1 is 1.31 bits per heavy atom. The van der Waals surface area contributed by atoms with Crippen LogP contribution in [0.25, 0.3) is 0 Å². The van der Waals surface area contributed by atoms with Crippen molar-refractivity contribution in [2.45, 2.75) is 0 Å². The van der Waals surface area contributed by atoms with Gasteiger partial charge in [0.05, 0.1) is 25.5 Å². The summed E-state index contributed by atoms with van der Waals surface area (Å²) in [5.74, 6) is -0.272. The van der Waals surface area contributed by atoms with Gasteiger partial charge in [0.15, 0.2) is 0 Å². The Labute approximate surface area is 103 Å². The quantitative estimate of drug-likeness (QED) is 0.784. The Kier molecular flexibility index (Phi) is 6.37. The van der Waals surface area contributed by atoms with E-state index in [1.807, 2.05) is 0 Å². The van der Waals surface area contributed by atoms with Crippen molar-refractivity contribution in [3.8, 4) is 0 Å². The second-order valence-electron chi connectivity index (χ2n) is 3.13. The van der Waals surface area contributed by atoms with E-state index >= 15 is 0 Å². The van der Waals surface area contributed by atoms with Crippen LogP contribution in [0.5, 0.6) is 0 Å². The van der Waals surface area contributed by atoms with E-state index in [-0.39, 0.29) is 5.82 Å². The van der Waals surface area contributed by atoms with Crippen molar-refractivity contribution in [2.24, 2.45) is 0 Å². The molecule has 1 aromatic rings. The third-order valence-corrected chi connectivity index (χ3v) is 2.60. The summed E-state index contributed by atoms with van der Waals surface area (Å²) in [5.41, 5.74) is 0.470. The Hall–Kier alpha value is -0.650. The first-order valence-corrected chi connectivity index (χ1v) is 5.79. The summed E-state index contributed by atoms with van der Waals surface area (Å²) < 4.78 is 24.1. The molecule has 0 aliphatic carbocycles. The lowest BCUT2D eigenvalue weighted by atomic mass is 10.3. The summed E-state index contributed by atoms with van der Waals surface area (Å²) in [6, 6.07) is 4.86. The Bertz CT molecular complexity index is 303. The molecule has 3 nitrogen and oxygen atoms in total. The summed E-state index contributed by atoms with van der Waals surface area (Å²) in [4.78, 5) is 0. The number of ether oxygens (including phenoxy) is 2. The van der Waals surface area contributed by atoms with E-state index in [0.717, 1.165) is 0 Å². The Morgan fingerprint density at radius 2 is 2.12 bits per heavy atom. The van der Waals surface area contributed by atoms with Gasteiger partial charge in [-0.2, -0.15) is 0 Å². The maximum absolute atomic E-state index is 13.3. The predicted molar refractivity (Wildman–Crippen MR) is 65.3 cm³/mol. The van der Waals surface area contributed by atoms with Gasteiger partial charge in [-0.05, 0) is 28.1 Å². The molecule has 5 heteroatoms. The predicted octanol–water partition coefficient (Wildman–Crippen LogP) is 2.66. The lowest BCUT2D eigenvalue weighted by molar-refractivity contribution is 0.0759. The second kappa shape index (κ2) is 7.60. The molecule has 16 heavy (non-hydrogen) atoms. The summed E-state index contributed by atoms with van der Waals surface area (Å²) in [6.07, 6.45) is 0. The summed E-state index contributed by atoms with van der Waals surface area (Å²) >= 11 is 3.28. The van der Waals surface area contributed by atoms with Gasteiger partial charge in [0.25, 0.3) is 0 Å². The van der Waals surface area contributed by atoms with Crippen molar-refractivity contribution in [1.82, 2.24) is 0 Å². The number of hydrogen-bond donors (Lipinski definition) is 1. The third kappa shape index (κ3) is 4.47. The number of benzene rings is 1. The highest BCUT2D eigenvalue weighted by Gasteiger charge is 2.04. The minimum atomic E-state index is -0.272. The number of methoxy groups -OCH3 is 1. The molecule has 0 aromatic heterocycles. The molecule has 0 saturated carbocycles. The third-order valence-electron chi connectivity index (χ3n) is 1.94. The topological polar surface area (TPSA) is 30.5 Å². The van der Waals surface area contributed by atoms with E-state index in [4.69, 9.17) is 9.47 Å². The Morgan fingerprint density at radius 3 is 2.81 bits per heavy atom. The van der Waals surface area contributed by atoms with Crippen LogP contribution in [0.3, 0.4) is 0 Å². The molecular weight excluding hydrogens is 277 g/mol. The average molecular weight is 292 g/mol. The minimum Gasteiger partial charge on any atom is -0.382 e. The highest BCUT2D eigenvalue weighted by molar-refractivity contribution is 9.10. The molecule has 0 atom stereocenters. The molecule has 1 N–H and O–H groups in total. The van der Waals surface area contributed by atoms with Crippen molar-refractivity contribution in [2.75, 3.05) is 38.8 Å². The maximum Gasteiger partial charge on any atom is 0.147 e. The van der Waals surface area contributed by atoms with Crippen molar-refractivity contribution < 1.29 is 13.9 Å². The van der Waals surface area contributed by atoms with Gasteiger partial charge in [-0.15, -0.1) is 0 Å². The van der Waals surface area contributed by atoms with Crippen LogP contribution in [0.4, 0.5) is 10.1 Å². The van der Waals surface area contributed by atoms with Gasteiger partial charge in [0.2, 0.25) is 0 Å². The number of rotatable bonds is 7. The zero-order valence-electron chi connectivity index (χ0n) is 9.13. The molecule has 90 valence electrons. The molecule has 0 heterocycles. The molecule has 0 bridgehead atoms. The van der Waals surface area contributed by atoms with E-state index in [9.17, 15) is 4.39 Å². The second-order valence-corrected chi connectivity index (χ2v) is 3.98. The van der Waals surface area contributed by atoms with Crippen LogP contribution in [0.15, 0.2) is 22.7 Å². The summed E-state index contributed by atoms with van der Waals surface area (Å²) in [6.45, 7) is 2.20. The van der Waals surface area contributed by atoms with Crippen LogP contribution in [0, 0.1) is 5.82 Å². The molecule has 0 fully saturated rings. The molecule has 0 saturated heterocycles. The van der Waals surface area contributed by atoms with Gasteiger partial charge < -0.3 is 14.8 Å². The monoisotopic (exact) mass is 291 g/mol. The van der Waals surface area contributed by atoms with Gasteiger partial charge in [-0.1, -0.05) is 6.07 Å². The van der Waals surface area contributed by atoms with Crippen molar-refractivity contribution >= 4 is 21.6 Å². The molecule has 0 spiro atoms. The van der Waals surface area contributed by atoms with Crippen molar-refractivity contribution in [3.63, 3.8) is 0 Å². The number of nitrogens with one attached hydrogen (secondary N) is 1. The largest absolute Gasteiger partial charge is 0.382 e. The van der Waals surface area contributed by atoms with E-state index < -0.39 is 0 Å². The maximum atomic E-state index is 13.3. The molecule has 0 aliphatic rings. The first-order chi connectivity index (χ1) is 7.75. The van der Waals surface area contributed by atoms with E-state index in [2.05, 4.69) is 21.2 Å². The van der Waals surface area contributed by atoms with E-state index in [1.165, 1.54) is 6.07 Å². The highest BCUT2D eigenvalue weighted by Crippen LogP contribution is 2.24. The number of halogens is 2. The van der Waals surface area contributed by atoms with Gasteiger partial charge in [-0.25, -0.2) is 4.39 Å². The molecule has 0 unspecified atom stereocenters. The number of hydrogen-bond acceptors (Lipinski definition) is 3. The first kappa shape index (κ1) is 13.4. The van der Waals surface area contributed by atoms with Gasteiger partial charge in [0, 0.05) is 18.1 Å². The lowest BCUT2D eigenvalue weighted by Gasteiger charge is -2.09. The normalized spacial score (nSPS) is 10.4. The Balaban J connectivity index is 2.26. The summed E-state index contributed by atoms with van der Waals surface area (Å²) in [5, 5.41) is 2.97. The SMILES string of the molecule is COCCOCCNc1c(F)cccc1Br. The molecular formula is C11H15BrFNO2. The highest BCUT2D eigenvalue weighted by atomic mass is 79.9. The smallest absolute Gasteiger partial charge is 0.147 e. The zero-order chi connectivity index (χ0) is 11.8. The summed E-state index contributed by atoms with van der Waals surface area (Å²) in [7, 11) is 1.62. The number of anilines is 1. The van der Waals surface area contributed by atoms with E-state index in [0.29, 0.717) is 36.5 Å². The van der Waals surface area contributed by atoms with Crippen LogP contribution in [-0.4, -0.2) is 33.5 Å². The molecule has 0 aliphatic heterocycles. The van der Waals surface area contributed by atoms with Crippen LogP contribution in [0.1, 0.15) is 0 Å².